The van der Waals surface area contributed by atoms with E-state index < -0.39 is 0 Å². The molecule has 2 N–H and O–H groups in total. The summed E-state index contributed by atoms with van der Waals surface area (Å²) in [6, 6.07) is 0. The summed E-state index contributed by atoms with van der Waals surface area (Å²) >= 11 is 0. The van der Waals surface area contributed by atoms with E-state index in [1.807, 2.05) is 13.8 Å². The summed E-state index contributed by atoms with van der Waals surface area (Å²) in [4.78, 5) is 11.0. The molecule has 0 aliphatic carbocycles. The van der Waals surface area contributed by atoms with Crippen LogP contribution in [0.5, 0.6) is 0 Å². The first-order valence-corrected chi connectivity index (χ1v) is 4.57. The lowest BCUT2D eigenvalue weighted by atomic mass is 9.79. The van der Waals surface area contributed by atoms with Crippen molar-refractivity contribution in [3.8, 4) is 0 Å². The molecule has 1 atom stereocenters. The van der Waals surface area contributed by atoms with Crippen LogP contribution in [0.2, 0.25) is 0 Å². The average Bonchev–Trinajstić information content (AvgIpc) is 1.85. The van der Waals surface area contributed by atoms with E-state index in [1.165, 1.54) is 0 Å². The van der Waals surface area contributed by atoms with Crippen molar-refractivity contribution in [3.05, 3.63) is 0 Å². The zero-order valence-electron chi connectivity index (χ0n) is 8.85. The summed E-state index contributed by atoms with van der Waals surface area (Å²) in [6.45, 7) is 10.3. The molecule has 0 radical (unpaired) electrons. The van der Waals surface area contributed by atoms with Gasteiger partial charge in [-0.2, -0.15) is 0 Å². The SMILES string of the molecule is CC(C)C(C)CC(C)(C)C(N)=O. The molecule has 1 unspecified atom stereocenters. The molecule has 0 aliphatic heterocycles. The van der Waals surface area contributed by atoms with Gasteiger partial charge in [0.2, 0.25) is 5.91 Å². The lowest BCUT2D eigenvalue weighted by Crippen LogP contribution is -2.33. The Morgan fingerprint density at radius 2 is 1.75 bits per heavy atom. The highest BCUT2D eigenvalue weighted by atomic mass is 16.1. The Morgan fingerprint density at radius 1 is 1.33 bits per heavy atom. The summed E-state index contributed by atoms with van der Waals surface area (Å²) in [7, 11) is 0. The number of primary amides is 1. The zero-order valence-corrected chi connectivity index (χ0v) is 8.85. The van der Waals surface area contributed by atoms with Crippen LogP contribution in [-0.4, -0.2) is 5.91 Å². The van der Waals surface area contributed by atoms with Crippen LogP contribution in [-0.2, 0) is 4.79 Å². The lowest BCUT2D eigenvalue weighted by molar-refractivity contribution is -0.126. The Hall–Kier alpha value is -0.530. The van der Waals surface area contributed by atoms with Gasteiger partial charge in [-0.15, -0.1) is 0 Å². The first kappa shape index (κ1) is 11.5. The minimum atomic E-state index is -0.357. The van der Waals surface area contributed by atoms with Crippen LogP contribution in [0.3, 0.4) is 0 Å². The third-order valence-electron chi connectivity index (χ3n) is 2.64. The predicted molar refractivity (Wildman–Crippen MR) is 51.6 cm³/mol. The number of carbonyl (C=O) groups is 1. The molecular formula is C10H21NO. The van der Waals surface area contributed by atoms with Gasteiger partial charge in [0.05, 0.1) is 0 Å². The molecule has 0 aromatic rings. The van der Waals surface area contributed by atoms with Crippen molar-refractivity contribution in [1.29, 1.82) is 0 Å². The lowest BCUT2D eigenvalue weighted by Gasteiger charge is -2.26. The van der Waals surface area contributed by atoms with Crippen LogP contribution in [0, 0.1) is 17.3 Å². The number of hydrogen-bond donors (Lipinski definition) is 1. The Labute approximate surface area is 75.5 Å². The molecule has 0 bridgehead atoms. The second-order valence-corrected chi connectivity index (χ2v) is 4.67. The van der Waals surface area contributed by atoms with Crippen molar-refractivity contribution in [1.82, 2.24) is 0 Å². The molecular weight excluding hydrogens is 150 g/mol. The van der Waals surface area contributed by atoms with E-state index in [0.29, 0.717) is 11.8 Å². The highest BCUT2D eigenvalue weighted by molar-refractivity contribution is 5.79. The van der Waals surface area contributed by atoms with Gasteiger partial charge in [0.25, 0.3) is 0 Å². The summed E-state index contributed by atoms with van der Waals surface area (Å²) in [5.41, 5.74) is 4.92. The largest absolute Gasteiger partial charge is 0.369 e. The van der Waals surface area contributed by atoms with Crippen molar-refractivity contribution >= 4 is 5.91 Å². The number of rotatable bonds is 4. The Morgan fingerprint density at radius 3 is 2.00 bits per heavy atom. The zero-order chi connectivity index (χ0) is 9.94. The number of nitrogens with two attached hydrogens (primary N) is 1. The molecule has 0 aromatic carbocycles. The van der Waals surface area contributed by atoms with Crippen LogP contribution < -0.4 is 5.73 Å². The van der Waals surface area contributed by atoms with E-state index in [0.717, 1.165) is 6.42 Å². The molecule has 0 heterocycles. The van der Waals surface area contributed by atoms with E-state index in [4.69, 9.17) is 5.73 Å². The topological polar surface area (TPSA) is 43.1 Å². The standard InChI is InChI=1S/C10H21NO/c1-7(2)8(3)6-10(4,5)9(11)12/h7-8H,6H2,1-5H3,(H2,11,12). The molecule has 1 amide bonds. The van der Waals surface area contributed by atoms with Crippen molar-refractivity contribution < 1.29 is 4.79 Å². The molecule has 0 saturated carbocycles. The fourth-order valence-corrected chi connectivity index (χ4v) is 1.14. The van der Waals surface area contributed by atoms with Gasteiger partial charge in [-0.3, -0.25) is 4.79 Å². The van der Waals surface area contributed by atoms with E-state index in [2.05, 4.69) is 20.8 Å². The average molecular weight is 171 g/mol. The third-order valence-corrected chi connectivity index (χ3v) is 2.64. The van der Waals surface area contributed by atoms with Crippen LogP contribution in [0.15, 0.2) is 0 Å². The van der Waals surface area contributed by atoms with Gasteiger partial charge in [0.15, 0.2) is 0 Å². The Kier molecular flexibility index (Phi) is 3.75. The summed E-state index contributed by atoms with van der Waals surface area (Å²) in [5.74, 6) is 0.964. The molecule has 0 fully saturated rings. The van der Waals surface area contributed by atoms with E-state index in [1.54, 1.807) is 0 Å². The highest BCUT2D eigenvalue weighted by Gasteiger charge is 2.27. The van der Waals surface area contributed by atoms with Crippen molar-refractivity contribution in [2.45, 2.75) is 41.0 Å². The van der Waals surface area contributed by atoms with Crippen molar-refractivity contribution in [2.24, 2.45) is 23.0 Å². The van der Waals surface area contributed by atoms with E-state index in [-0.39, 0.29) is 11.3 Å². The van der Waals surface area contributed by atoms with Gasteiger partial charge in [-0.05, 0) is 18.3 Å². The van der Waals surface area contributed by atoms with Gasteiger partial charge in [0, 0.05) is 5.41 Å². The second kappa shape index (κ2) is 3.92. The molecule has 0 rings (SSSR count). The van der Waals surface area contributed by atoms with Gasteiger partial charge in [-0.25, -0.2) is 0 Å². The predicted octanol–water partition coefficient (Wildman–Crippen LogP) is 2.18. The summed E-state index contributed by atoms with van der Waals surface area (Å²) in [5, 5.41) is 0. The van der Waals surface area contributed by atoms with Gasteiger partial charge in [0.1, 0.15) is 0 Å². The molecule has 0 aromatic heterocycles. The maximum absolute atomic E-state index is 11.0. The smallest absolute Gasteiger partial charge is 0.223 e. The van der Waals surface area contributed by atoms with Crippen molar-refractivity contribution in [2.75, 3.05) is 0 Å². The quantitative estimate of drug-likeness (QED) is 0.692. The minimum Gasteiger partial charge on any atom is -0.369 e. The maximum atomic E-state index is 11.0. The van der Waals surface area contributed by atoms with E-state index >= 15 is 0 Å². The molecule has 0 spiro atoms. The molecule has 0 saturated heterocycles. The monoisotopic (exact) mass is 171 g/mol. The van der Waals surface area contributed by atoms with Gasteiger partial charge >= 0.3 is 0 Å². The minimum absolute atomic E-state index is 0.199. The second-order valence-electron chi connectivity index (χ2n) is 4.67. The molecule has 2 heteroatoms. The van der Waals surface area contributed by atoms with Crippen LogP contribution in [0.4, 0.5) is 0 Å². The number of hydrogen-bond acceptors (Lipinski definition) is 1. The molecule has 12 heavy (non-hydrogen) atoms. The number of carbonyl (C=O) groups excluding carboxylic acids is 1. The fourth-order valence-electron chi connectivity index (χ4n) is 1.14. The molecule has 72 valence electrons. The van der Waals surface area contributed by atoms with Crippen LogP contribution >= 0.6 is 0 Å². The molecule has 2 nitrogen and oxygen atoms in total. The highest BCUT2D eigenvalue weighted by Crippen LogP contribution is 2.28. The first-order chi connectivity index (χ1) is 5.27. The molecule has 0 aliphatic rings. The summed E-state index contributed by atoms with van der Waals surface area (Å²) < 4.78 is 0. The Balaban J connectivity index is 4.15. The normalized spacial score (nSPS) is 14.8. The van der Waals surface area contributed by atoms with Crippen LogP contribution in [0.1, 0.15) is 41.0 Å². The van der Waals surface area contributed by atoms with Crippen molar-refractivity contribution in [3.63, 3.8) is 0 Å². The maximum Gasteiger partial charge on any atom is 0.223 e. The van der Waals surface area contributed by atoms with Gasteiger partial charge < -0.3 is 5.73 Å². The fraction of sp³-hybridized carbons (Fsp3) is 0.900. The van der Waals surface area contributed by atoms with E-state index in [9.17, 15) is 4.79 Å². The number of amides is 1. The summed E-state index contributed by atoms with van der Waals surface area (Å²) in [6.07, 6.45) is 0.875. The third kappa shape index (κ3) is 3.24. The Bertz CT molecular complexity index is 161. The van der Waals surface area contributed by atoms with Crippen LogP contribution in [0.25, 0.3) is 0 Å². The van der Waals surface area contributed by atoms with Gasteiger partial charge in [-0.1, -0.05) is 34.6 Å². The first-order valence-electron chi connectivity index (χ1n) is 4.57.